The average molecular weight is 391 g/mol. The van der Waals surface area contributed by atoms with Crippen molar-refractivity contribution in [1.82, 2.24) is 14.5 Å². The van der Waals surface area contributed by atoms with E-state index < -0.39 is 0 Å². The highest BCUT2D eigenvalue weighted by Gasteiger charge is 2.27. The summed E-state index contributed by atoms with van der Waals surface area (Å²) < 4.78 is 2.29. The second-order valence-corrected chi connectivity index (χ2v) is 8.14. The molecule has 1 aliphatic heterocycles. The lowest BCUT2D eigenvalue weighted by Gasteiger charge is -2.32. The maximum absolute atomic E-state index is 12.9. The highest BCUT2D eigenvalue weighted by atomic mass is 16.1. The van der Waals surface area contributed by atoms with Gasteiger partial charge in [0.25, 0.3) is 0 Å². The number of imidazole rings is 1. The summed E-state index contributed by atoms with van der Waals surface area (Å²) in [6.07, 6.45) is 1.98. The van der Waals surface area contributed by atoms with Crippen LogP contribution in [0.25, 0.3) is 11.0 Å². The molecule has 0 aliphatic carbocycles. The fourth-order valence-corrected chi connectivity index (χ4v) is 4.40. The predicted molar refractivity (Wildman–Crippen MR) is 118 cm³/mol. The molecule has 1 fully saturated rings. The van der Waals surface area contributed by atoms with Crippen LogP contribution in [0.1, 0.15) is 36.7 Å². The van der Waals surface area contributed by atoms with Crippen LogP contribution in [0.5, 0.6) is 0 Å². The van der Waals surface area contributed by atoms with Gasteiger partial charge in [0.1, 0.15) is 5.82 Å². The summed E-state index contributed by atoms with van der Waals surface area (Å²) in [4.78, 5) is 20.1. The minimum absolute atomic E-state index is 0.0175. The lowest BCUT2D eigenvalue weighted by atomic mass is 9.96. The van der Waals surface area contributed by atoms with E-state index in [4.69, 9.17) is 4.98 Å². The van der Waals surface area contributed by atoms with Crippen LogP contribution in [0.4, 0.5) is 5.69 Å². The third-order valence-corrected chi connectivity index (χ3v) is 5.93. The zero-order valence-corrected chi connectivity index (χ0v) is 17.6. The van der Waals surface area contributed by atoms with E-state index in [9.17, 15) is 4.79 Å². The van der Waals surface area contributed by atoms with Gasteiger partial charge in [0.15, 0.2) is 0 Å². The molecule has 0 bridgehead atoms. The first-order valence-electron chi connectivity index (χ1n) is 10.6. The van der Waals surface area contributed by atoms with Crippen molar-refractivity contribution in [2.75, 3.05) is 18.4 Å². The minimum atomic E-state index is 0.0175. The molecule has 0 unspecified atom stereocenters. The largest absolute Gasteiger partial charge is 0.327 e. The average Bonchev–Trinajstić information content (AvgIpc) is 3.07. The van der Waals surface area contributed by atoms with Crippen LogP contribution < -0.4 is 5.32 Å². The Hall–Kier alpha value is -2.66. The maximum Gasteiger partial charge on any atom is 0.228 e. The molecule has 29 heavy (non-hydrogen) atoms. The standard InChI is InChI=1S/C24H30N4O/c1-4-28-22-10-6-5-9-21(22)25-23(28)16-27-13-7-8-19(15-27)24(29)26-20-12-11-17(2)14-18(20)3/h5-6,9-12,14,19H,4,7-8,13,15-16H2,1-3H3,(H,26,29)/t19-/m1/s1. The van der Waals surface area contributed by atoms with Crippen LogP contribution in [-0.2, 0) is 17.9 Å². The Balaban J connectivity index is 1.45. The van der Waals surface area contributed by atoms with E-state index in [-0.39, 0.29) is 11.8 Å². The molecule has 1 atom stereocenters. The summed E-state index contributed by atoms with van der Waals surface area (Å²) in [6.45, 7) is 9.76. The minimum Gasteiger partial charge on any atom is -0.327 e. The summed E-state index contributed by atoms with van der Waals surface area (Å²) in [5.41, 5.74) is 5.48. The molecule has 1 aromatic heterocycles. The van der Waals surface area contributed by atoms with Crippen molar-refractivity contribution in [3.05, 3.63) is 59.4 Å². The number of hydrogen-bond acceptors (Lipinski definition) is 3. The number of nitrogens with zero attached hydrogens (tertiary/aromatic N) is 3. The van der Waals surface area contributed by atoms with E-state index in [1.807, 2.05) is 25.1 Å². The van der Waals surface area contributed by atoms with Crippen molar-refractivity contribution >= 4 is 22.6 Å². The van der Waals surface area contributed by atoms with E-state index in [0.29, 0.717) is 0 Å². The van der Waals surface area contributed by atoms with Gasteiger partial charge in [0, 0.05) is 18.8 Å². The summed E-state index contributed by atoms with van der Waals surface area (Å²) >= 11 is 0. The number of carbonyl (C=O) groups excluding carboxylic acids is 1. The van der Waals surface area contributed by atoms with Gasteiger partial charge in [0.05, 0.1) is 23.5 Å². The molecular formula is C24H30N4O. The molecule has 152 valence electrons. The van der Waals surface area contributed by atoms with Crippen LogP contribution in [0.15, 0.2) is 42.5 Å². The molecule has 5 heteroatoms. The normalized spacial score (nSPS) is 17.6. The highest BCUT2D eigenvalue weighted by Crippen LogP contribution is 2.23. The van der Waals surface area contributed by atoms with Gasteiger partial charge in [-0.15, -0.1) is 0 Å². The van der Waals surface area contributed by atoms with Crippen molar-refractivity contribution in [3.63, 3.8) is 0 Å². The van der Waals surface area contributed by atoms with Gasteiger partial charge in [-0.25, -0.2) is 4.98 Å². The Kier molecular flexibility index (Phi) is 5.67. The third kappa shape index (κ3) is 4.20. The van der Waals surface area contributed by atoms with E-state index in [0.717, 1.165) is 61.6 Å². The topological polar surface area (TPSA) is 50.2 Å². The van der Waals surface area contributed by atoms with Crippen LogP contribution >= 0.6 is 0 Å². The van der Waals surface area contributed by atoms with Gasteiger partial charge in [0.2, 0.25) is 5.91 Å². The van der Waals surface area contributed by atoms with Crippen LogP contribution in [0.2, 0.25) is 0 Å². The quantitative estimate of drug-likeness (QED) is 0.697. The number of para-hydroxylation sites is 2. The molecule has 4 rings (SSSR count). The zero-order valence-electron chi connectivity index (χ0n) is 17.6. The molecule has 2 heterocycles. The summed E-state index contributed by atoms with van der Waals surface area (Å²) in [5, 5.41) is 3.15. The van der Waals surface area contributed by atoms with Crippen LogP contribution in [0.3, 0.4) is 0 Å². The van der Waals surface area contributed by atoms with E-state index in [1.54, 1.807) is 0 Å². The summed E-state index contributed by atoms with van der Waals surface area (Å²) in [6, 6.07) is 14.5. The lowest BCUT2D eigenvalue weighted by molar-refractivity contribution is -0.121. The van der Waals surface area contributed by atoms with Crippen molar-refractivity contribution < 1.29 is 4.79 Å². The number of likely N-dealkylation sites (tertiary alicyclic amines) is 1. The molecule has 1 saturated heterocycles. The SMILES string of the molecule is CCn1c(CN2CCC[C@@H](C(=O)Nc3ccc(C)cc3C)C2)nc2ccccc21. The Bertz CT molecular complexity index is 1020. The van der Waals surface area contributed by atoms with E-state index in [2.05, 4.69) is 52.9 Å². The monoisotopic (exact) mass is 390 g/mol. The summed E-state index contributed by atoms with van der Waals surface area (Å²) in [7, 11) is 0. The van der Waals surface area contributed by atoms with Gasteiger partial charge in [-0.1, -0.05) is 29.8 Å². The zero-order chi connectivity index (χ0) is 20.4. The third-order valence-electron chi connectivity index (χ3n) is 5.93. The Morgan fingerprint density at radius 2 is 2.03 bits per heavy atom. The van der Waals surface area contributed by atoms with Crippen molar-refractivity contribution in [2.45, 2.75) is 46.7 Å². The van der Waals surface area contributed by atoms with Crippen molar-refractivity contribution in [2.24, 2.45) is 5.92 Å². The number of anilines is 1. The number of benzene rings is 2. The number of hydrogen-bond donors (Lipinski definition) is 1. The second kappa shape index (κ2) is 8.37. The fraction of sp³-hybridized carbons (Fsp3) is 0.417. The molecule has 0 radical (unpaired) electrons. The Morgan fingerprint density at radius 1 is 1.21 bits per heavy atom. The van der Waals surface area contributed by atoms with Gasteiger partial charge in [-0.2, -0.15) is 0 Å². The lowest BCUT2D eigenvalue weighted by Crippen LogP contribution is -2.40. The first kappa shape index (κ1) is 19.6. The number of nitrogens with one attached hydrogen (secondary N) is 1. The fourth-order valence-electron chi connectivity index (χ4n) is 4.40. The summed E-state index contributed by atoms with van der Waals surface area (Å²) in [5.74, 6) is 1.23. The number of piperidine rings is 1. The van der Waals surface area contributed by atoms with E-state index >= 15 is 0 Å². The second-order valence-electron chi connectivity index (χ2n) is 8.14. The van der Waals surface area contributed by atoms with Gasteiger partial charge in [-0.3, -0.25) is 9.69 Å². The molecule has 2 aromatic carbocycles. The molecular weight excluding hydrogens is 360 g/mol. The number of aromatic nitrogens is 2. The van der Waals surface area contributed by atoms with Gasteiger partial charge < -0.3 is 9.88 Å². The van der Waals surface area contributed by atoms with Gasteiger partial charge in [-0.05, 0) is 63.9 Å². The molecule has 3 aromatic rings. The highest BCUT2D eigenvalue weighted by molar-refractivity contribution is 5.93. The molecule has 0 spiro atoms. The van der Waals surface area contributed by atoms with E-state index in [1.165, 1.54) is 11.1 Å². The first-order valence-corrected chi connectivity index (χ1v) is 10.6. The van der Waals surface area contributed by atoms with Crippen molar-refractivity contribution in [1.29, 1.82) is 0 Å². The molecule has 0 saturated carbocycles. The van der Waals surface area contributed by atoms with Crippen LogP contribution in [0, 0.1) is 19.8 Å². The van der Waals surface area contributed by atoms with Crippen LogP contribution in [-0.4, -0.2) is 33.4 Å². The molecule has 1 N–H and O–H groups in total. The maximum atomic E-state index is 12.9. The molecule has 1 aliphatic rings. The number of fused-ring (bicyclic) bond motifs is 1. The smallest absolute Gasteiger partial charge is 0.228 e. The Morgan fingerprint density at radius 3 is 2.83 bits per heavy atom. The number of aryl methyl sites for hydroxylation is 3. The number of amides is 1. The molecule has 5 nitrogen and oxygen atoms in total. The number of carbonyl (C=O) groups is 1. The Labute approximate surface area is 172 Å². The predicted octanol–water partition coefficient (Wildman–Crippen LogP) is 4.52. The first-order chi connectivity index (χ1) is 14.0. The number of rotatable bonds is 5. The molecule has 1 amide bonds. The van der Waals surface area contributed by atoms with Crippen molar-refractivity contribution in [3.8, 4) is 0 Å². The van der Waals surface area contributed by atoms with Gasteiger partial charge >= 0.3 is 0 Å².